The number of rotatable bonds is 8. The van der Waals surface area contributed by atoms with E-state index in [1.807, 2.05) is 43.3 Å². The van der Waals surface area contributed by atoms with Gasteiger partial charge in [-0.3, -0.25) is 0 Å². The van der Waals surface area contributed by atoms with Crippen LogP contribution in [0.25, 0.3) is 10.9 Å². The van der Waals surface area contributed by atoms with Gasteiger partial charge in [-0.2, -0.15) is 18.2 Å². The van der Waals surface area contributed by atoms with Crippen LogP contribution in [0.2, 0.25) is 0 Å². The molecule has 1 aromatic heterocycles. The molecule has 0 aliphatic heterocycles. The van der Waals surface area contributed by atoms with Crippen molar-refractivity contribution < 1.29 is 13.2 Å². The monoisotopic (exact) mass is 471 g/mol. The minimum atomic E-state index is -4.29. The van der Waals surface area contributed by atoms with Gasteiger partial charge in [0.1, 0.15) is 5.82 Å². The normalized spacial score (nSPS) is 18.7. The van der Waals surface area contributed by atoms with Gasteiger partial charge < -0.3 is 15.5 Å². The van der Waals surface area contributed by atoms with Crippen LogP contribution in [0.3, 0.4) is 0 Å². The van der Waals surface area contributed by atoms with Crippen molar-refractivity contribution >= 4 is 22.7 Å². The van der Waals surface area contributed by atoms with Crippen LogP contribution < -0.4 is 15.5 Å². The fourth-order valence-electron chi connectivity index (χ4n) is 4.60. The van der Waals surface area contributed by atoms with E-state index in [0.29, 0.717) is 36.4 Å². The number of hydrogen-bond donors (Lipinski definition) is 2. The molecule has 5 nitrogen and oxygen atoms in total. The number of alkyl halides is 3. The largest absolute Gasteiger partial charge is 0.416 e. The summed E-state index contributed by atoms with van der Waals surface area (Å²) in [5.74, 6) is 2.16. The van der Waals surface area contributed by atoms with E-state index in [2.05, 4.69) is 10.6 Å². The number of benzene rings is 2. The molecule has 34 heavy (non-hydrogen) atoms. The third-order valence-electron chi connectivity index (χ3n) is 6.46. The van der Waals surface area contributed by atoms with Crippen LogP contribution in [0.15, 0.2) is 48.5 Å². The molecule has 0 saturated heterocycles. The van der Waals surface area contributed by atoms with Gasteiger partial charge in [-0.25, -0.2) is 4.98 Å². The lowest BCUT2D eigenvalue weighted by atomic mass is 9.86. The smallest absolute Gasteiger partial charge is 0.362 e. The summed E-state index contributed by atoms with van der Waals surface area (Å²) in [5, 5.41) is 8.01. The third kappa shape index (κ3) is 6.17. The Labute approximate surface area is 198 Å². The SMILES string of the molecule is CN(C)c1nc(N[C@H]2CC[C@@H](CNCCc3cccc(C(F)(F)F)c3)CC2)nc2ccccc12. The molecule has 0 radical (unpaired) electrons. The van der Waals surface area contributed by atoms with Gasteiger partial charge in [-0.05, 0) is 74.9 Å². The molecule has 8 heteroatoms. The highest BCUT2D eigenvalue weighted by molar-refractivity contribution is 5.90. The molecule has 1 aliphatic carbocycles. The lowest BCUT2D eigenvalue weighted by molar-refractivity contribution is -0.137. The van der Waals surface area contributed by atoms with E-state index < -0.39 is 11.7 Å². The number of halogens is 3. The van der Waals surface area contributed by atoms with Crippen molar-refractivity contribution in [2.75, 3.05) is 37.4 Å². The fourth-order valence-corrected chi connectivity index (χ4v) is 4.60. The summed E-state index contributed by atoms with van der Waals surface area (Å²) >= 11 is 0. The summed E-state index contributed by atoms with van der Waals surface area (Å²) in [4.78, 5) is 11.5. The topological polar surface area (TPSA) is 53.1 Å². The number of para-hydroxylation sites is 1. The third-order valence-corrected chi connectivity index (χ3v) is 6.46. The molecule has 0 amide bonds. The first-order valence-corrected chi connectivity index (χ1v) is 11.9. The molecule has 182 valence electrons. The average molecular weight is 472 g/mol. The van der Waals surface area contributed by atoms with E-state index >= 15 is 0 Å². The molecule has 3 aromatic rings. The Morgan fingerprint density at radius 3 is 2.47 bits per heavy atom. The molecule has 1 saturated carbocycles. The zero-order valence-electron chi connectivity index (χ0n) is 19.7. The first-order valence-electron chi connectivity index (χ1n) is 11.9. The minimum absolute atomic E-state index is 0.345. The van der Waals surface area contributed by atoms with Gasteiger partial charge in [0.15, 0.2) is 0 Å². The van der Waals surface area contributed by atoms with Crippen LogP contribution in [-0.2, 0) is 12.6 Å². The Hall–Kier alpha value is -2.87. The summed E-state index contributed by atoms with van der Waals surface area (Å²) in [6.07, 6.45) is 0.599. The van der Waals surface area contributed by atoms with Gasteiger partial charge in [0.2, 0.25) is 5.95 Å². The van der Waals surface area contributed by atoms with Gasteiger partial charge in [0.25, 0.3) is 0 Å². The molecule has 1 aliphatic rings. The molecule has 2 aromatic carbocycles. The Bertz CT molecular complexity index is 1090. The van der Waals surface area contributed by atoms with Crippen LogP contribution in [0.1, 0.15) is 36.8 Å². The van der Waals surface area contributed by atoms with Crippen molar-refractivity contribution in [1.82, 2.24) is 15.3 Å². The zero-order chi connectivity index (χ0) is 24.1. The van der Waals surface area contributed by atoms with Crippen LogP contribution in [0, 0.1) is 5.92 Å². The highest BCUT2D eigenvalue weighted by Gasteiger charge is 2.30. The predicted octanol–water partition coefficient (Wildman–Crippen LogP) is 5.52. The minimum Gasteiger partial charge on any atom is -0.362 e. The summed E-state index contributed by atoms with van der Waals surface area (Å²) in [7, 11) is 3.98. The number of fused-ring (bicyclic) bond motifs is 1. The molecule has 1 fully saturated rings. The molecule has 0 bridgehead atoms. The summed E-state index contributed by atoms with van der Waals surface area (Å²) in [5.41, 5.74) is 1.06. The molecular formula is C26H32F3N5. The van der Waals surface area contributed by atoms with Gasteiger partial charge in [-0.15, -0.1) is 0 Å². The fraction of sp³-hybridized carbons (Fsp3) is 0.462. The van der Waals surface area contributed by atoms with Crippen LogP contribution >= 0.6 is 0 Å². The van der Waals surface area contributed by atoms with E-state index in [4.69, 9.17) is 9.97 Å². The average Bonchev–Trinajstić information content (AvgIpc) is 2.82. The summed E-state index contributed by atoms with van der Waals surface area (Å²) in [6.45, 7) is 1.57. The second-order valence-electron chi connectivity index (χ2n) is 9.30. The van der Waals surface area contributed by atoms with E-state index in [-0.39, 0.29) is 0 Å². The Morgan fingerprint density at radius 2 is 1.74 bits per heavy atom. The number of anilines is 2. The van der Waals surface area contributed by atoms with Crippen molar-refractivity contribution in [3.8, 4) is 0 Å². The predicted molar refractivity (Wildman–Crippen MR) is 131 cm³/mol. The van der Waals surface area contributed by atoms with E-state index in [1.54, 1.807) is 6.07 Å². The molecule has 1 heterocycles. The molecule has 2 N–H and O–H groups in total. The van der Waals surface area contributed by atoms with Crippen LogP contribution in [0.5, 0.6) is 0 Å². The summed E-state index contributed by atoms with van der Waals surface area (Å²) in [6, 6.07) is 14.0. The number of aromatic nitrogens is 2. The molecule has 4 rings (SSSR count). The molecular weight excluding hydrogens is 439 g/mol. The highest BCUT2D eigenvalue weighted by atomic mass is 19.4. The van der Waals surface area contributed by atoms with E-state index in [0.717, 1.165) is 55.0 Å². The quantitative estimate of drug-likeness (QED) is 0.424. The maximum absolute atomic E-state index is 12.9. The molecule has 0 spiro atoms. The zero-order valence-corrected chi connectivity index (χ0v) is 19.7. The maximum Gasteiger partial charge on any atom is 0.416 e. The van der Waals surface area contributed by atoms with Crippen molar-refractivity contribution in [1.29, 1.82) is 0 Å². The Balaban J connectivity index is 1.23. The van der Waals surface area contributed by atoms with Crippen molar-refractivity contribution in [3.05, 3.63) is 59.7 Å². The van der Waals surface area contributed by atoms with Gasteiger partial charge in [0.05, 0.1) is 11.1 Å². The van der Waals surface area contributed by atoms with Gasteiger partial charge >= 0.3 is 6.18 Å². The second-order valence-corrected chi connectivity index (χ2v) is 9.30. The van der Waals surface area contributed by atoms with E-state index in [9.17, 15) is 13.2 Å². The lowest BCUT2D eigenvalue weighted by Crippen LogP contribution is -2.32. The molecule has 0 unspecified atom stereocenters. The maximum atomic E-state index is 12.9. The van der Waals surface area contributed by atoms with Crippen LogP contribution in [-0.4, -0.2) is 43.2 Å². The second kappa shape index (κ2) is 10.6. The lowest BCUT2D eigenvalue weighted by Gasteiger charge is -2.29. The number of nitrogens with zero attached hydrogens (tertiary/aromatic N) is 3. The Kier molecular flexibility index (Phi) is 7.56. The summed E-state index contributed by atoms with van der Waals surface area (Å²) < 4.78 is 38.6. The first kappa shape index (κ1) is 24.3. The van der Waals surface area contributed by atoms with Crippen molar-refractivity contribution in [2.24, 2.45) is 5.92 Å². The van der Waals surface area contributed by atoms with E-state index in [1.165, 1.54) is 12.1 Å². The van der Waals surface area contributed by atoms with Crippen molar-refractivity contribution in [3.63, 3.8) is 0 Å². The van der Waals surface area contributed by atoms with Gasteiger partial charge in [0, 0.05) is 25.5 Å². The van der Waals surface area contributed by atoms with Crippen LogP contribution in [0.4, 0.5) is 24.9 Å². The van der Waals surface area contributed by atoms with Crippen molar-refractivity contribution in [2.45, 2.75) is 44.3 Å². The number of nitrogens with one attached hydrogen (secondary N) is 2. The van der Waals surface area contributed by atoms with Gasteiger partial charge in [-0.1, -0.05) is 30.3 Å². The number of hydrogen-bond acceptors (Lipinski definition) is 5. The first-order chi connectivity index (χ1) is 16.3. The Morgan fingerprint density at radius 1 is 0.971 bits per heavy atom. The standard InChI is InChI=1S/C26H32F3N5/c1-34(2)24-22-8-3-4-9-23(22)32-25(33-24)31-21-12-10-19(11-13-21)17-30-15-14-18-6-5-7-20(16-18)26(27,28)29/h3-9,16,19,21,30H,10-15,17H2,1-2H3,(H,31,32,33)/t19-,21+. The molecule has 0 atom stereocenters. The highest BCUT2D eigenvalue weighted by Crippen LogP contribution is 2.30.